The van der Waals surface area contributed by atoms with Crippen LogP contribution in [0.25, 0.3) is 33.4 Å². The highest BCUT2D eigenvalue weighted by Crippen LogP contribution is 2.38. The maximum atomic E-state index is 14.9. The van der Waals surface area contributed by atoms with Crippen molar-refractivity contribution in [1.29, 1.82) is 0 Å². The van der Waals surface area contributed by atoms with Crippen molar-refractivity contribution >= 4 is 86.5 Å². The predicted molar refractivity (Wildman–Crippen MR) is 282 cm³/mol. The fourth-order valence-corrected chi connectivity index (χ4v) is 10.6. The van der Waals surface area contributed by atoms with Gasteiger partial charge in [-0.25, -0.2) is 42.3 Å². The minimum atomic E-state index is -0.717. The molecule has 2 fully saturated rings. The van der Waals surface area contributed by atoms with E-state index in [0.717, 1.165) is 34.9 Å². The number of halogens is 4. The lowest BCUT2D eigenvalue weighted by molar-refractivity contribution is 0.0130. The van der Waals surface area contributed by atoms with Gasteiger partial charge in [0.15, 0.2) is 33.2 Å². The van der Waals surface area contributed by atoms with Crippen LogP contribution in [0, 0.1) is 17.6 Å². The van der Waals surface area contributed by atoms with Crippen LogP contribution >= 0.6 is 46.7 Å². The quantitative estimate of drug-likeness (QED) is 0.105. The Kier molecular flexibility index (Phi) is 16.3. The van der Waals surface area contributed by atoms with Gasteiger partial charge in [-0.3, -0.25) is 9.97 Å². The van der Waals surface area contributed by atoms with E-state index in [1.807, 2.05) is 91.9 Å². The number of fused-ring (bicyclic) bond motifs is 2. The smallest absolute Gasteiger partial charge is 0.410 e. The Bertz CT molecular complexity index is 3120. The number of hydrogen-bond donors (Lipinski definition) is 0. The zero-order valence-corrected chi connectivity index (χ0v) is 45.5. The highest BCUT2D eigenvalue weighted by Gasteiger charge is 2.37. The molecule has 1 amide bonds. The Hall–Kier alpha value is -5.11. The summed E-state index contributed by atoms with van der Waals surface area (Å²) in [5.41, 5.74) is 1.42. The Balaban J connectivity index is 0.000000213. The summed E-state index contributed by atoms with van der Waals surface area (Å²) in [4.78, 5) is 74.2. The van der Waals surface area contributed by atoms with E-state index >= 15 is 0 Å². The molecule has 0 radical (unpaired) electrons. The van der Waals surface area contributed by atoms with Crippen LogP contribution < -0.4 is 21.2 Å². The monoisotopic (exact) mass is 1050 g/mol. The van der Waals surface area contributed by atoms with Crippen molar-refractivity contribution in [2.24, 2.45) is 5.92 Å². The maximum absolute atomic E-state index is 14.9. The largest absolute Gasteiger partial charge is 0.444 e. The molecule has 4 atom stereocenters. The van der Waals surface area contributed by atoms with Crippen LogP contribution in [0.15, 0.2) is 56.0 Å². The Morgan fingerprint density at radius 1 is 0.690 bits per heavy atom. The number of thioether (sulfide) groups is 2. The molecule has 0 saturated carbocycles. The summed E-state index contributed by atoms with van der Waals surface area (Å²) in [5.74, 6) is -0.104. The molecule has 0 bridgehead atoms. The number of anilines is 2. The fourth-order valence-electron chi connectivity index (χ4n) is 9.12. The minimum absolute atomic E-state index is 0.00792. The maximum Gasteiger partial charge on any atom is 0.410 e. The average molecular weight is 1050 g/mol. The average Bonchev–Trinajstić information content (AvgIpc) is 3.30. The second-order valence-corrected chi connectivity index (χ2v) is 22.3. The third-order valence-electron chi connectivity index (χ3n) is 12.6. The van der Waals surface area contributed by atoms with E-state index in [2.05, 4.69) is 48.7 Å². The van der Waals surface area contributed by atoms with Gasteiger partial charge < -0.3 is 19.4 Å². The van der Waals surface area contributed by atoms with Crippen molar-refractivity contribution in [3.63, 3.8) is 0 Å². The van der Waals surface area contributed by atoms with E-state index in [-0.39, 0.29) is 51.7 Å². The van der Waals surface area contributed by atoms with Gasteiger partial charge in [0.2, 0.25) is 0 Å². The van der Waals surface area contributed by atoms with E-state index in [1.165, 1.54) is 44.8 Å². The number of piperazine rings is 1. The molecule has 15 nitrogen and oxygen atoms in total. The molecule has 2 aliphatic rings. The van der Waals surface area contributed by atoms with Gasteiger partial charge in [-0.05, 0) is 109 Å². The summed E-state index contributed by atoms with van der Waals surface area (Å²) < 4.78 is 37.9. The molecule has 2 aliphatic heterocycles. The summed E-state index contributed by atoms with van der Waals surface area (Å²) in [5, 5.41) is 0.193. The zero-order valence-electron chi connectivity index (χ0n) is 42.3. The van der Waals surface area contributed by atoms with Gasteiger partial charge in [0.25, 0.3) is 0 Å². The highest BCUT2D eigenvalue weighted by molar-refractivity contribution is 7.99. The third kappa shape index (κ3) is 11.0. The van der Waals surface area contributed by atoms with E-state index in [1.54, 1.807) is 17.3 Å². The first kappa shape index (κ1) is 53.7. The molecule has 21 heteroatoms. The number of amides is 1. The van der Waals surface area contributed by atoms with Crippen molar-refractivity contribution in [2.45, 2.75) is 134 Å². The molecule has 2 saturated heterocycles. The topological polar surface area (TPSA) is 157 Å². The van der Waals surface area contributed by atoms with Crippen LogP contribution in [0.5, 0.6) is 0 Å². The van der Waals surface area contributed by atoms with Crippen molar-refractivity contribution in [2.75, 3.05) is 41.9 Å². The molecule has 6 aromatic heterocycles. The van der Waals surface area contributed by atoms with E-state index < -0.39 is 34.7 Å². The van der Waals surface area contributed by atoms with Crippen LogP contribution in [0.2, 0.25) is 10.3 Å². The second kappa shape index (κ2) is 21.5. The summed E-state index contributed by atoms with van der Waals surface area (Å²) in [6, 6.07) is 5.98. The summed E-state index contributed by atoms with van der Waals surface area (Å²) in [6.07, 6.45) is 8.96. The van der Waals surface area contributed by atoms with Crippen LogP contribution in [0.3, 0.4) is 0 Å². The minimum Gasteiger partial charge on any atom is -0.444 e. The first-order valence-corrected chi connectivity index (χ1v) is 26.8. The van der Waals surface area contributed by atoms with E-state index in [4.69, 9.17) is 27.9 Å². The molecule has 0 N–H and O–H groups in total. The number of carbonyl (C=O) groups excluding carboxylic acids is 1. The molecule has 0 unspecified atom stereocenters. The number of pyridine rings is 4. The molecule has 8 rings (SSSR count). The number of hydrogen-bond acceptors (Lipinski definition) is 14. The third-order valence-corrected chi connectivity index (χ3v) is 14.7. The van der Waals surface area contributed by atoms with Gasteiger partial charge in [-0.2, -0.15) is 9.97 Å². The first-order chi connectivity index (χ1) is 33.5. The molecule has 8 heterocycles. The predicted octanol–water partition coefficient (Wildman–Crippen LogP) is 11.1. The van der Waals surface area contributed by atoms with Crippen molar-refractivity contribution < 1.29 is 18.3 Å². The number of piperidine rings is 1. The Labute approximate surface area is 431 Å². The van der Waals surface area contributed by atoms with Crippen LogP contribution in [-0.4, -0.2) is 106 Å². The first-order valence-electron chi connectivity index (χ1n) is 23.6. The molecular formula is C50H61Cl2F2N11O4S2. The van der Waals surface area contributed by atoms with Gasteiger partial charge in [-0.15, -0.1) is 23.5 Å². The van der Waals surface area contributed by atoms with E-state index in [0.29, 0.717) is 58.3 Å². The summed E-state index contributed by atoms with van der Waals surface area (Å²) in [6.45, 7) is 23.0. The van der Waals surface area contributed by atoms with Gasteiger partial charge in [0.1, 0.15) is 17.2 Å². The van der Waals surface area contributed by atoms with Crippen LogP contribution in [0.1, 0.15) is 112 Å². The van der Waals surface area contributed by atoms with E-state index in [9.17, 15) is 23.2 Å². The lowest BCUT2D eigenvalue weighted by Crippen LogP contribution is -2.59. The second-order valence-electron chi connectivity index (χ2n) is 19.8. The highest BCUT2D eigenvalue weighted by atomic mass is 35.5. The molecule has 71 heavy (non-hydrogen) atoms. The number of aromatic nitrogens is 8. The molecule has 0 spiro atoms. The molecule has 6 aromatic rings. The molecule has 0 aromatic carbocycles. The van der Waals surface area contributed by atoms with Crippen molar-refractivity contribution in [1.82, 2.24) is 43.9 Å². The van der Waals surface area contributed by atoms with Crippen LogP contribution in [-0.2, 0) is 4.74 Å². The number of ether oxygens (including phenoxy) is 1. The SMILES string of the molecule is CSc1ccnc(C(C)C)c1-n1c(=O)nc(N2C[C@@H](C)CC[C@@H]2C)c2cc(F)c(Cl)nc21.CSc1ccnc(C(C)C)c1-n1c(=O)nc(N2C[C@@H](C)N(C(=O)OC(C)(C)C)C[C@@H]2C)c2cc(F)c(Cl)nc21. The van der Waals surface area contributed by atoms with Crippen molar-refractivity contribution in [3.8, 4) is 11.4 Å². The number of rotatable bonds is 8. The molecule has 0 aliphatic carbocycles. The zero-order chi connectivity index (χ0) is 52.0. The standard InChI is InChI=1S/C27H34ClFN6O3S.C23H27ClFN5OS/c1-14(2)20-21(19(39-8)9-10-30-20)35-24-17(11-18(29)22(28)31-24)23(32-25(35)36)33-12-16(4)34(13-15(33)3)26(37)38-27(5,6)7;1-12(2)18-19(17(32-5)8-9-26-18)30-22-15(10-16(25)20(24)27-22)21(28-23(30)31)29-11-13(3)6-7-14(29)4/h9-11,14-16H,12-13H2,1-8H3;8-10,12-14H,6-7,11H2,1-5H3/t15-,16+;13-,14-/m00/s1. The van der Waals surface area contributed by atoms with Crippen LogP contribution in [0.4, 0.5) is 25.2 Å². The Morgan fingerprint density at radius 3 is 1.56 bits per heavy atom. The molecule has 380 valence electrons. The lowest BCUT2D eigenvalue weighted by atomic mass is 9.95. The summed E-state index contributed by atoms with van der Waals surface area (Å²) >= 11 is 15.2. The van der Waals surface area contributed by atoms with Gasteiger partial charge in [-0.1, -0.05) is 57.8 Å². The van der Waals surface area contributed by atoms with Gasteiger partial charge in [0.05, 0.1) is 33.5 Å². The van der Waals surface area contributed by atoms with Gasteiger partial charge in [0, 0.05) is 59.9 Å². The Morgan fingerprint density at radius 2 is 1.14 bits per heavy atom. The normalized spacial score (nSPS) is 18.7. The van der Waals surface area contributed by atoms with Crippen molar-refractivity contribution in [3.05, 3.63) is 91.0 Å². The van der Waals surface area contributed by atoms with Gasteiger partial charge >= 0.3 is 17.5 Å². The lowest BCUT2D eigenvalue weighted by Gasteiger charge is -2.44. The fraction of sp³-hybridized carbons (Fsp3) is 0.500. The number of nitrogens with zero attached hydrogens (tertiary/aromatic N) is 11. The molecular weight excluding hydrogens is 992 g/mol. The summed E-state index contributed by atoms with van der Waals surface area (Å²) in [7, 11) is 0. The number of carbonyl (C=O) groups is 1.